The number of hydrogen-bond acceptors (Lipinski definition) is 4. The van der Waals surface area contributed by atoms with Crippen LogP contribution < -0.4 is 14.5 Å². The molecule has 1 aliphatic rings. The van der Waals surface area contributed by atoms with Gasteiger partial charge in [-0.25, -0.2) is 4.98 Å². The lowest BCUT2D eigenvalue weighted by molar-refractivity contribution is 0.483. The van der Waals surface area contributed by atoms with Gasteiger partial charge in [0.2, 0.25) is 0 Å². The van der Waals surface area contributed by atoms with Crippen molar-refractivity contribution in [2.75, 3.05) is 16.5 Å². The third-order valence-electron chi connectivity index (χ3n) is 12.0. The molecule has 8 aromatic rings. The molecule has 0 radical (unpaired) electrons. The van der Waals surface area contributed by atoms with E-state index in [0.717, 1.165) is 34.0 Å². The molecule has 0 saturated carbocycles. The molecule has 9 rings (SSSR count). The van der Waals surface area contributed by atoms with Crippen LogP contribution in [0, 0.1) is 27.7 Å². The minimum Gasteiger partial charge on any atom is -0.457 e. The first-order valence-electron chi connectivity index (χ1n) is 20.8. The Bertz CT molecular complexity index is 2880. The van der Waals surface area contributed by atoms with Crippen molar-refractivity contribution in [1.29, 1.82) is 0 Å². The number of hydrogen-bond donors (Lipinski definition) is 0. The van der Waals surface area contributed by atoms with Crippen molar-refractivity contribution < 1.29 is 4.74 Å². The molecule has 0 N–H and O–H groups in total. The van der Waals surface area contributed by atoms with Crippen LogP contribution in [0.3, 0.4) is 0 Å². The number of fused-ring (bicyclic) bond motifs is 4. The lowest BCUT2D eigenvalue weighted by Gasteiger charge is -2.27. The second-order valence-corrected chi connectivity index (χ2v) is 18.5. The standard InChI is InChI=1S/C54H54N4O/c1-34-28-40(54(8,9)10)29-35(2)51(34)38-26-36(3)52(37(4)27-38)57-33-56(47-20-13-14-21-48(47)57)41-16-15-17-42(31-41)59-43-22-23-45-44-18-11-12-19-46(44)58(49(45)32-43)50-30-39(24-25-55-50)53(5,6)7/h11-32H,33H2,1-10H3. The van der Waals surface area contributed by atoms with E-state index in [1.54, 1.807) is 0 Å². The normalized spacial score (nSPS) is 13.1. The fraction of sp³-hybridized carbons (Fsp3) is 0.241. The maximum Gasteiger partial charge on any atom is 0.137 e. The van der Waals surface area contributed by atoms with Crippen molar-refractivity contribution in [3.8, 4) is 28.4 Å². The Kier molecular flexibility index (Phi) is 9.19. The van der Waals surface area contributed by atoms with E-state index in [0.29, 0.717) is 6.67 Å². The maximum atomic E-state index is 6.72. The number of anilines is 4. The molecule has 6 aromatic carbocycles. The summed E-state index contributed by atoms with van der Waals surface area (Å²) in [5.74, 6) is 2.47. The summed E-state index contributed by atoms with van der Waals surface area (Å²) < 4.78 is 8.98. The van der Waals surface area contributed by atoms with Crippen LogP contribution in [0.1, 0.15) is 74.9 Å². The number of aryl methyl sites for hydroxylation is 4. The van der Waals surface area contributed by atoms with Crippen molar-refractivity contribution in [1.82, 2.24) is 9.55 Å². The van der Waals surface area contributed by atoms with Crippen molar-refractivity contribution in [2.24, 2.45) is 0 Å². The van der Waals surface area contributed by atoms with Crippen LogP contribution in [0.15, 0.2) is 134 Å². The Morgan fingerprint density at radius 3 is 1.85 bits per heavy atom. The molecule has 0 aliphatic carbocycles. The van der Waals surface area contributed by atoms with E-state index < -0.39 is 0 Å². The average molecular weight is 775 g/mol. The summed E-state index contributed by atoms with van der Waals surface area (Å²) in [6.45, 7) is 23.3. The van der Waals surface area contributed by atoms with E-state index in [1.165, 1.54) is 72.3 Å². The van der Waals surface area contributed by atoms with E-state index in [1.807, 2.05) is 12.3 Å². The number of para-hydroxylation sites is 3. The van der Waals surface area contributed by atoms with E-state index in [-0.39, 0.29) is 10.8 Å². The van der Waals surface area contributed by atoms with Gasteiger partial charge in [-0.15, -0.1) is 0 Å². The van der Waals surface area contributed by atoms with Gasteiger partial charge in [-0.05, 0) is 150 Å². The largest absolute Gasteiger partial charge is 0.457 e. The minimum absolute atomic E-state index is 0.00266. The van der Waals surface area contributed by atoms with Gasteiger partial charge in [0.15, 0.2) is 0 Å². The molecule has 5 heteroatoms. The zero-order valence-corrected chi connectivity index (χ0v) is 36.1. The van der Waals surface area contributed by atoms with Crippen molar-refractivity contribution >= 4 is 44.6 Å². The number of ether oxygens (including phenoxy) is 1. The molecule has 0 atom stereocenters. The highest BCUT2D eigenvalue weighted by atomic mass is 16.5. The molecule has 0 amide bonds. The van der Waals surface area contributed by atoms with Gasteiger partial charge in [0.1, 0.15) is 24.0 Å². The minimum atomic E-state index is 0.00266. The Labute approximate surface area is 349 Å². The first kappa shape index (κ1) is 38.2. The predicted molar refractivity (Wildman–Crippen MR) is 249 cm³/mol. The van der Waals surface area contributed by atoms with Crippen molar-refractivity contribution in [2.45, 2.75) is 80.1 Å². The van der Waals surface area contributed by atoms with Gasteiger partial charge in [0.25, 0.3) is 0 Å². The van der Waals surface area contributed by atoms with Crippen LogP contribution in [0.5, 0.6) is 11.5 Å². The number of benzene rings is 6. The van der Waals surface area contributed by atoms with Gasteiger partial charge in [-0.3, -0.25) is 4.57 Å². The van der Waals surface area contributed by atoms with E-state index >= 15 is 0 Å². The smallest absolute Gasteiger partial charge is 0.137 e. The highest BCUT2D eigenvalue weighted by Crippen LogP contribution is 2.48. The molecule has 1 aliphatic heterocycles. The molecular weight excluding hydrogens is 721 g/mol. The van der Waals surface area contributed by atoms with Crippen molar-refractivity contribution in [3.63, 3.8) is 0 Å². The van der Waals surface area contributed by atoms with Crippen LogP contribution in [0.4, 0.5) is 22.7 Å². The van der Waals surface area contributed by atoms with Crippen LogP contribution in [-0.2, 0) is 10.8 Å². The van der Waals surface area contributed by atoms with Crippen LogP contribution in [-0.4, -0.2) is 16.2 Å². The zero-order valence-electron chi connectivity index (χ0n) is 36.1. The van der Waals surface area contributed by atoms with Gasteiger partial charge < -0.3 is 14.5 Å². The van der Waals surface area contributed by atoms with E-state index in [2.05, 4.69) is 205 Å². The number of rotatable bonds is 6. The van der Waals surface area contributed by atoms with Gasteiger partial charge in [-0.2, -0.15) is 0 Å². The lowest BCUT2D eigenvalue weighted by Crippen LogP contribution is -2.25. The topological polar surface area (TPSA) is 33.5 Å². The summed E-state index contributed by atoms with van der Waals surface area (Å²) in [5, 5.41) is 2.36. The summed E-state index contributed by atoms with van der Waals surface area (Å²) in [6.07, 6.45) is 1.92. The third kappa shape index (κ3) is 6.82. The monoisotopic (exact) mass is 774 g/mol. The van der Waals surface area contributed by atoms with Crippen LogP contribution in [0.2, 0.25) is 0 Å². The Hall–Kier alpha value is -6.33. The summed E-state index contributed by atoms with van der Waals surface area (Å²) in [7, 11) is 0. The first-order valence-corrected chi connectivity index (χ1v) is 20.8. The summed E-state index contributed by atoms with van der Waals surface area (Å²) in [5.41, 5.74) is 17.4. The molecule has 0 spiro atoms. The Morgan fingerprint density at radius 1 is 0.525 bits per heavy atom. The summed E-state index contributed by atoms with van der Waals surface area (Å²) in [6, 6.07) is 46.0. The number of nitrogens with zero attached hydrogens (tertiary/aromatic N) is 4. The highest BCUT2D eigenvalue weighted by Gasteiger charge is 2.30. The highest BCUT2D eigenvalue weighted by molar-refractivity contribution is 6.09. The Morgan fingerprint density at radius 2 is 1.15 bits per heavy atom. The third-order valence-corrected chi connectivity index (χ3v) is 12.0. The quantitative estimate of drug-likeness (QED) is 0.168. The summed E-state index contributed by atoms with van der Waals surface area (Å²) in [4.78, 5) is 9.73. The van der Waals surface area contributed by atoms with E-state index in [9.17, 15) is 0 Å². The average Bonchev–Trinajstić information content (AvgIpc) is 3.73. The predicted octanol–water partition coefficient (Wildman–Crippen LogP) is 14.7. The molecule has 0 saturated heterocycles. The molecule has 0 unspecified atom stereocenters. The molecular formula is C54H54N4O. The van der Waals surface area contributed by atoms with E-state index in [4.69, 9.17) is 9.72 Å². The molecule has 2 aromatic heterocycles. The molecule has 296 valence electrons. The van der Waals surface area contributed by atoms with Gasteiger partial charge in [0.05, 0.1) is 22.4 Å². The van der Waals surface area contributed by atoms with Gasteiger partial charge in [0, 0.05) is 40.5 Å². The maximum absolute atomic E-state index is 6.72. The van der Waals surface area contributed by atoms with Crippen molar-refractivity contribution in [3.05, 3.63) is 167 Å². The second-order valence-electron chi connectivity index (χ2n) is 18.5. The molecule has 59 heavy (non-hydrogen) atoms. The fourth-order valence-corrected chi connectivity index (χ4v) is 9.12. The zero-order chi connectivity index (χ0) is 41.4. The SMILES string of the molecule is Cc1cc(C(C)(C)C)cc(C)c1-c1cc(C)c(N2CN(c3cccc(Oc4ccc5c6ccccc6n(-c6cc(C(C)(C)C)ccn6)c5c4)c3)c3ccccc32)c(C)c1. The molecule has 0 fully saturated rings. The Balaban J connectivity index is 1.04. The summed E-state index contributed by atoms with van der Waals surface area (Å²) >= 11 is 0. The molecule has 5 nitrogen and oxygen atoms in total. The van der Waals surface area contributed by atoms with Gasteiger partial charge >= 0.3 is 0 Å². The first-order chi connectivity index (χ1) is 28.2. The number of aromatic nitrogens is 2. The van der Waals surface area contributed by atoms with Gasteiger partial charge in [-0.1, -0.05) is 90.1 Å². The molecule has 3 heterocycles. The number of pyridine rings is 1. The fourth-order valence-electron chi connectivity index (χ4n) is 9.12. The molecule has 0 bridgehead atoms. The van der Waals surface area contributed by atoms with Crippen LogP contribution in [0.25, 0.3) is 38.8 Å². The van der Waals surface area contributed by atoms with Crippen LogP contribution >= 0.6 is 0 Å². The lowest BCUT2D eigenvalue weighted by atomic mass is 9.82. The second kappa shape index (κ2) is 14.2.